The number of rotatable bonds is 8. The molecule has 0 bridgehead atoms. The summed E-state index contributed by atoms with van der Waals surface area (Å²) in [5.74, 6) is -0.621. The normalized spacial score (nSPS) is 11.2. The number of nitro groups is 1. The summed E-state index contributed by atoms with van der Waals surface area (Å²) in [5.41, 5.74) is -0.852. The minimum Gasteiger partial charge on any atom is -0.486 e. The molecule has 0 fully saturated rings. The van der Waals surface area contributed by atoms with Gasteiger partial charge in [-0.15, -0.1) is 0 Å². The largest absolute Gasteiger partial charge is 0.486 e. The van der Waals surface area contributed by atoms with E-state index in [0.29, 0.717) is 30.3 Å². The van der Waals surface area contributed by atoms with Crippen LogP contribution < -0.4 is 4.74 Å². The first kappa shape index (κ1) is 17.4. The number of benzene rings is 1. The highest BCUT2D eigenvalue weighted by Gasteiger charge is 2.26. The number of carbonyl (C=O) groups is 1. The van der Waals surface area contributed by atoms with Crippen LogP contribution in [-0.4, -0.2) is 22.6 Å². The molecule has 0 saturated heterocycles. The highest BCUT2D eigenvalue weighted by molar-refractivity contribution is 9.10. The van der Waals surface area contributed by atoms with Crippen LogP contribution in [0.4, 0.5) is 5.69 Å². The number of ether oxygens (including phenoxy) is 1. The molecule has 21 heavy (non-hydrogen) atoms. The summed E-state index contributed by atoms with van der Waals surface area (Å²) >= 11 is 3.23. The second-order valence-corrected chi connectivity index (χ2v) is 6.19. The Morgan fingerprint density at radius 1 is 1.43 bits per heavy atom. The van der Waals surface area contributed by atoms with Gasteiger partial charge >= 0.3 is 11.7 Å². The smallest absolute Gasteiger partial charge is 0.312 e. The van der Waals surface area contributed by atoms with E-state index in [9.17, 15) is 14.9 Å². The van der Waals surface area contributed by atoms with Crippen molar-refractivity contribution in [3.63, 3.8) is 0 Å². The number of hydrogen-bond acceptors (Lipinski definition) is 4. The molecule has 0 spiro atoms. The Balaban J connectivity index is 2.51. The van der Waals surface area contributed by atoms with E-state index >= 15 is 0 Å². The fraction of sp³-hybridized carbons (Fsp3) is 0.500. The summed E-state index contributed by atoms with van der Waals surface area (Å²) < 4.78 is 6.00. The van der Waals surface area contributed by atoms with Gasteiger partial charge in [-0.05, 0) is 55.1 Å². The van der Waals surface area contributed by atoms with Gasteiger partial charge in [-0.2, -0.15) is 0 Å². The van der Waals surface area contributed by atoms with Gasteiger partial charge in [-0.1, -0.05) is 6.07 Å². The first-order valence-corrected chi connectivity index (χ1v) is 7.34. The van der Waals surface area contributed by atoms with Crippen LogP contribution in [0.5, 0.6) is 5.75 Å². The monoisotopic (exact) mass is 359 g/mol. The molecule has 1 rings (SSSR count). The molecule has 1 aromatic carbocycles. The zero-order chi connectivity index (χ0) is 16.0. The molecular formula is C14H18BrNO5. The third-order valence-corrected chi connectivity index (χ3v) is 3.79. The highest BCUT2D eigenvalue weighted by Crippen LogP contribution is 2.34. The Labute approximate surface area is 131 Å². The molecule has 0 aliphatic rings. The maximum Gasteiger partial charge on any atom is 0.312 e. The van der Waals surface area contributed by atoms with Gasteiger partial charge in [0.05, 0.1) is 21.4 Å². The van der Waals surface area contributed by atoms with E-state index in [1.165, 1.54) is 6.07 Å². The minimum absolute atomic E-state index is 0.0877. The zero-order valence-corrected chi connectivity index (χ0v) is 13.6. The number of halogens is 1. The van der Waals surface area contributed by atoms with Crippen LogP contribution in [0.1, 0.15) is 33.1 Å². The fourth-order valence-corrected chi connectivity index (χ4v) is 2.20. The number of para-hydroxylation sites is 1. The number of unbranched alkanes of at least 4 members (excludes halogenated alkanes) is 1. The third-order valence-electron chi connectivity index (χ3n) is 3.16. The molecule has 0 amide bonds. The summed E-state index contributed by atoms with van der Waals surface area (Å²) in [5, 5.41) is 19.9. The number of aliphatic carboxylic acids is 1. The van der Waals surface area contributed by atoms with Gasteiger partial charge in [0.1, 0.15) is 0 Å². The minimum atomic E-state index is -0.829. The highest BCUT2D eigenvalue weighted by atomic mass is 79.9. The topological polar surface area (TPSA) is 89.7 Å². The van der Waals surface area contributed by atoms with Crippen molar-refractivity contribution >= 4 is 27.6 Å². The SMILES string of the molecule is CC(C)(CCCCOc1c(Br)cccc1[N+](=O)[O-])C(=O)O. The molecule has 0 saturated carbocycles. The van der Waals surface area contributed by atoms with Gasteiger partial charge in [-0.25, -0.2) is 0 Å². The van der Waals surface area contributed by atoms with E-state index in [-0.39, 0.29) is 11.4 Å². The van der Waals surface area contributed by atoms with Crippen LogP contribution in [-0.2, 0) is 4.79 Å². The quantitative estimate of drug-likeness (QED) is 0.430. The maximum atomic E-state index is 11.0. The van der Waals surface area contributed by atoms with Crippen LogP contribution in [0.15, 0.2) is 22.7 Å². The lowest BCUT2D eigenvalue weighted by Crippen LogP contribution is -2.23. The Kier molecular flexibility index (Phi) is 6.14. The Morgan fingerprint density at radius 3 is 2.67 bits per heavy atom. The van der Waals surface area contributed by atoms with Crippen molar-refractivity contribution in [3.05, 3.63) is 32.8 Å². The van der Waals surface area contributed by atoms with Gasteiger partial charge in [0.25, 0.3) is 0 Å². The van der Waals surface area contributed by atoms with E-state index in [1.54, 1.807) is 26.0 Å². The number of carboxylic acids is 1. The van der Waals surface area contributed by atoms with Crippen molar-refractivity contribution in [1.82, 2.24) is 0 Å². The van der Waals surface area contributed by atoms with Crippen LogP contribution in [0.2, 0.25) is 0 Å². The molecule has 116 valence electrons. The average molecular weight is 360 g/mol. The number of nitro benzene ring substituents is 1. The van der Waals surface area contributed by atoms with E-state index in [4.69, 9.17) is 9.84 Å². The van der Waals surface area contributed by atoms with Crippen molar-refractivity contribution in [2.24, 2.45) is 5.41 Å². The van der Waals surface area contributed by atoms with E-state index in [2.05, 4.69) is 15.9 Å². The van der Waals surface area contributed by atoms with Gasteiger partial charge < -0.3 is 9.84 Å². The van der Waals surface area contributed by atoms with Gasteiger partial charge in [0.2, 0.25) is 5.75 Å². The van der Waals surface area contributed by atoms with Gasteiger partial charge in [-0.3, -0.25) is 14.9 Å². The lowest BCUT2D eigenvalue weighted by molar-refractivity contribution is -0.386. The summed E-state index contributed by atoms with van der Waals surface area (Å²) in [7, 11) is 0. The Hall–Kier alpha value is -1.63. The molecule has 0 radical (unpaired) electrons. The van der Waals surface area contributed by atoms with Crippen LogP contribution in [0, 0.1) is 15.5 Å². The molecule has 0 unspecified atom stereocenters. The first-order chi connectivity index (χ1) is 9.75. The zero-order valence-electron chi connectivity index (χ0n) is 12.0. The molecule has 7 heteroatoms. The van der Waals surface area contributed by atoms with Crippen LogP contribution in [0.3, 0.4) is 0 Å². The van der Waals surface area contributed by atoms with E-state index in [1.807, 2.05) is 0 Å². The van der Waals surface area contributed by atoms with Crippen molar-refractivity contribution in [2.75, 3.05) is 6.61 Å². The first-order valence-electron chi connectivity index (χ1n) is 6.55. The van der Waals surface area contributed by atoms with Crippen molar-refractivity contribution in [1.29, 1.82) is 0 Å². The number of carboxylic acid groups (broad SMARTS) is 1. The van der Waals surface area contributed by atoms with E-state index < -0.39 is 16.3 Å². The molecule has 6 nitrogen and oxygen atoms in total. The second kappa shape index (κ2) is 7.40. The lowest BCUT2D eigenvalue weighted by Gasteiger charge is -2.18. The molecular weight excluding hydrogens is 342 g/mol. The Morgan fingerprint density at radius 2 is 2.10 bits per heavy atom. The number of nitrogens with zero attached hydrogens (tertiary/aromatic N) is 1. The molecule has 1 aromatic rings. The molecule has 0 heterocycles. The van der Waals surface area contributed by atoms with Crippen LogP contribution in [0.25, 0.3) is 0 Å². The van der Waals surface area contributed by atoms with Crippen molar-refractivity contribution in [3.8, 4) is 5.75 Å². The summed E-state index contributed by atoms with van der Waals surface area (Å²) in [6.45, 7) is 3.66. The standard InChI is InChI=1S/C14H18BrNO5/c1-14(2,13(17)18)8-3-4-9-21-12-10(15)6-5-7-11(12)16(19)20/h5-7H,3-4,8-9H2,1-2H3,(H,17,18). The molecule has 0 atom stereocenters. The summed E-state index contributed by atoms with van der Waals surface area (Å²) in [4.78, 5) is 21.4. The van der Waals surface area contributed by atoms with E-state index in [0.717, 1.165) is 0 Å². The molecule has 0 aliphatic heterocycles. The molecule has 1 N–H and O–H groups in total. The predicted molar refractivity (Wildman–Crippen MR) is 81.6 cm³/mol. The Bertz CT molecular complexity index is 530. The molecule has 0 aromatic heterocycles. The third kappa shape index (κ3) is 5.00. The second-order valence-electron chi connectivity index (χ2n) is 5.34. The van der Waals surface area contributed by atoms with Gasteiger partial charge in [0.15, 0.2) is 0 Å². The average Bonchev–Trinajstić information content (AvgIpc) is 2.39. The maximum absolute atomic E-state index is 11.0. The fourth-order valence-electron chi connectivity index (χ4n) is 1.73. The summed E-state index contributed by atoms with van der Waals surface area (Å²) in [6.07, 6.45) is 1.84. The van der Waals surface area contributed by atoms with Crippen molar-refractivity contribution in [2.45, 2.75) is 33.1 Å². The predicted octanol–water partition coefficient (Wildman–Crippen LogP) is 4.02. The molecule has 0 aliphatic carbocycles. The van der Waals surface area contributed by atoms with Crippen LogP contribution >= 0.6 is 15.9 Å². The summed E-state index contributed by atoms with van der Waals surface area (Å²) in [6, 6.07) is 4.63. The lowest BCUT2D eigenvalue weighted by atomic mass is 9.87. The van der Waals surface area contributed by atoms with Gasteiger partial charge in [0, 0.05) is 6.07 Å². The van der Waals surface area contributed by atoms with Crippen molar-refractivity contribution < 1.29 is 19.6 Å². The number of hydrogen-bond donors (Lipinski definition) is 1.